The highest BCUT2D eigenvalue weighted by atomic mass is 16.5. The van der Waals surface area contributed by atoms with E-state index in [0.29, 0.717) is 11.4 Å². The Bertz CT molecular complexity index is 824. The predicted molar refractivity (Wildman–Crippen MR) is 90.4 cm³/mol. The minimum absolute atomic E-state index is 0.0593. The second-order valence-electron chi connectivity index (χ2n) is 5.17. The molecule has 0 atom stereocenters. The molecule has 1 amide bonds. The fourth-order valence-electron chi connectivity index (χ4n) is 2.41. The highest BCUT2D eigenvalue weighted by molar-refractivity contribution is 5.93. The lowest BCUT2D eigenvalue weighted by Gasteiger charge is -2.10. The Morgan fingerprint density at radius 2 is 1.78 bits per heavy atom. The summed E-state index contributed by atoms with van der Waals surface area (Å²) in [4.78, 5) is 12.0. The van der Waals surface area contributed by atoms with Crippen LogP contribution in [-0.2, 0) is 11.4 Å². The molecule has 0 unspecified atom stereocenters. The van der Waals surface area contributed by atoms with E-state index in [1.54, 1.807) is 24.3 Å². The molecule has 0 aromatic heterocycles. The second kappa shape index (κ2) is 6.94. The maximum absolute atomic E-state index is 12.0. The molecule has 0 heterocycles. The lowest BCUT2D eigenvalue weighted by atomic mass is 10.1. The van der Waals surface area contributed by atoms with Crippen molar-refractivity contribution >= 4 is 22.4 Å². The van der Waals surface area contributed by atoms with Crippen molar-refractivity contribution in [2.24, 2.45) is 0 Å². The smallest absolute Gasteiger partial charge is 0.262 e. The molecule has 4 nitrogen and oxygen atoms in total. The number of hydrogen-bond donors (Lipinski definition) is 2. The van der Waals surface area contributed by atoms with Gasteiger partial charge in [-0.3, -0.25) is 4.79 Å². The van der Waals surface area contributed by atoms with E-state index in [4.69, 9.17) is 9.84 Å². The summed E-state index contributed by atoms with van der Waals surface area (Å²) in [5.74, 6) is 0.440. The fraction of sp³-hybridized carbons (Fsp3) is 0.105. The van der Waals surface area contributed by atoms with E-state index in [1.165, 1.54) is 0 Å². The number of carbonyl (C=O) groups is 1. The number of rotatable bonds is 5. The molecule has 4 heteroatoms. The van der Waals surface area contributed by atoms with Gasteiger partial charge in [-0.25, -0.2) is 0 Å². The van der Waals surface area contributed by atoms with Crippen LogP contribution in [0.15, 0.2) is 66.7 Å². The van der Waals surface area contributed by atoms with E-state index >= 15 is 0 Å². The van der Waals surface area contributed by atoms with Crippen LogP contribution in [0.3, 0.4) is 0 Å². The summed E-state index contributed by atoms with van der Waals surface area (Å²) in [6, 6.07) is 20.7. The van der Waals surface area contributed by atoms with Crippen LogP contribution in [0.1, 0.15) is 5.56 Å². The summed E-state index contributed by atoms with van der Waals surface area (Å²) in [7, 11) is 0. The zero-order chi connectivity index (χ0) is 16.1. The molecule has 3 rings (SSSR count). The molecular formula is C19H17NO3. The van der Waals surface area contributed by atoms with Gasteiger partial charge in [-0.1, -0.05) is 48.5 Å². The van der Waals surface area contributed by atoms with Crippen molar-refractivity contribution in [1.29, 1.82) is 0 Å². The molecule has 3 aromatic carbocycles. The fourth-order valence-corrected chi connectivity index (χ4v) is 2.41. The average molecular weight is 307 g/mol. The minimum atomic E-state index is -0.243. The van der Waals surface area contributed by atoms with Gasteiger partial charge in [0.15, 0.2) is 6.61 Å². The molecule has 0 aliphatic rings. The largest absolute Gasteiger partial charge is 0.483 e. The van der Waals surface area contributed by atoms with Gasteiger partial charge in [-0.15, -0.1) is 0 Å². The van der Waals surface area contributed by atoms with Gasteiger partial charge in [-0.2, -0.15) is 0 Å². The van der Waals surface area contributed by atoms with Crippen molar-refractivity contribution in [1.82, 2.24) is 0 Å². The van der Waals surface area contributed by atoms with Crippen LogP contribution in [0, 0.1) is 0 Å². The van der Waals surface area contributed by atoms with E-state index in [2.05, 4.69) is 5.32 Å². The number of hydrogen-bond acceptors (Lipinski definition) is 3. The highest BCUT2D eigenvalue weighted by Gasteiger charge is 2.06. The average Bonchev–Trinajstić information content (AvgIpc) is 2.60. The highest BCUT2D eigenvalue weighted by Crippen LogP contribution is 2.25. The first-order chi connectivity index (χ1) is 11.3. The molecular weight excluding hydrogens is 290 g/mol. The summed E-state index contributed by atoms with van der Waals surface area (Å²) >= 11 is 0. The zero-order valence-electron chi connectivity index (χ0n) is 12.5. The molecule has 0 bridgehead atoms. The summed E-state index contributed by atoms with van der Waals surface area (Å²) in [6.45, 7) is -0.131. The number of fused-ring (bicyclic) bond motifs is 1. The topological polar surface area (TPSA) is 58.6 Å². The van der Waals surface area contributed by atoms with Crippen molar-refractivity contribution in [3.8, 4) is 5.75 Å². The lowest BCUT2D eigenvalue weighted by molar-refractivity contribution is -0.118. The molecule has 116 valence electrons. The van der Waals surface area contributed by atoms with E-state index in [1.807, 2.05) is 42.5 Å². The monoisotopic (exact) mass is 307 g/mol. The zero-order valence-corrected chi connectivity index (χ0v) is 12.5. The number of carbonyl (C=O) groups excluding carboxylic acids is 1. The number of ether oxygens (including phenoxy) is 1. The van der Waals surface area contributed by atoms with E-state index in [-0.39, 0.29) is 19.1 Å². The summed E-state index contributed by atoms with van der Waals surface area (Å²) in [5, 5.41) is 13.9. The maximum atomic E-state index is 12.0. The van der Waals surface area contributed by atoms with Gasteiger partial charge in [0.1, 0.15) is 5.75 Å². The van der Waals surface area contributed by atoms with Crippen LogP contribution >= 0.6 is 0 Å². The van der Waals surface area contributed by atoms with E-state index < -0.39 is 0 Å². The quantitative estimate of drug-likeness (QED) is 0.760. The number of nitrogens with one attached hydrogen (secondary N) is 1. The third-order valence-electron chi connectivity index (χ3n) is 3.50. The molecule has 0 saturated carbocycles. The minimum Gasteiger partial charge on any atom is -0.483 e. The van der Waals surface area contributed by atoms with Crippen molar-refractivity contribution < 1.29 is 14.6 Å². The standard InChI is InChI=1S/C19H17NO3/c21-12-14-5-3-8-16(11-14)20-19(22)13-23-18-10-4-7-15-6-1-2-9-17(15)18/h1-11,21H,12-13H2,(H,20,22). The molecule has 23 heavy (non-hydrogen) atoms. The van der Waals surface area contributed by atoms with Crippen LogP contribution < -0.4 is 10.1 Å². The number of amides is 1. The summed E-state index contributed by atoms with van der Waals surface area (Å²) < 4.78 is 5.65. The lowest BCUT2D eigenvalue weighted by Crippen LogP contribution is -2.20. The summed E-state index contributed by atoms with van der Waals surface area (Å²) in [6.07, 6.45) is 0. The normalized spacial score (nSPS) is 10.5. The Kier molecular flexibility index (Phi) is 4.54. The third-order valence-corrected chi connectivity index (χ3v) is 3.50. The van der Waals surface area contributed by atoms with Crippen LogP contribution in [-0.4, -0.2) is 17.6 Å². The van der Waals surface area contributed by atoms with Crippen molar-refractivity contribution in [2.45, 2.75) is 6.61 Å². The number of aliphatic hydroxyl groups is 1. The summed E-state index contributed by atoms with van der Waals surface area (Å²) in [5.41, 5.74) is 1.39. The Morgan fingerprint density at radius 3 is 2.65 bits per heavy atom. The molecule has 0 aliphatic heterocycles. The Hall–Kier alpha value is -2.85. The molecule has 0 spiro atoms. The molecule has 0 aliphatic carbocycles. The van der Waals surface area contributed by atoms with Crippen molar-refractivity contribution in [3.63, 3.8) is 0 Å². The van der Waals surface area contributed by atoms with Gasteiger partial charge in [0.2, 0.25) is 0 Å². The first kappa shape index (κ1) is 15.1. The van der Waals surface area contributed by atoms with Gasteiger partial charge in [0.05, 0.1) is 6.61 Å². The van der Waals surface area contributed by atoms with E-state index in [9.17, 15) is 4.79 Å². The van der Waals surface area contributed by atoms with Gasteiger partial charge < -0.3 is 15.2 Å². The molecule has 0 saturated heterocycles. The molecule has 0 fully saturated rings. The van der Waals surface area contributed by atoms with Crippen LogP contribution in [0.4, 0.5) is 5.69 Å². The first-order valence-electron chi connectivity index (χ1n) is 7.36. The van der Waals surface area contributed by atoms with E-state index in [0.717, 1.165) is 16.3 Å². The van der Waals surface area contributed by atoms with Crippen molar-refractivity contribution in [2.75, 3.05) is 11.9 Å². The number of anilines is 1. The molecule has 3 aromatic rings. The van der Waals surface area contributed by atoms with Crippen LogP contribution in [0.25, 0.3) is 10.8 Å². The van der Waals surface area contributed by atoms with Crippen molar-refractivity contribution in [3.05, 3.63) is 72.3 Å². The maximum Gasteiger partial charge on any atom is 0.262 e. The van der Waals surface area contributed by atoms with Gasteiger partial charge in [0, 0.05) is 11.1 Å². The number of aliphatic hydroxyl groups excluding tert-OH is 1. The first-order valence-corrected chi connectivity index (χ1v) is 7.36. The van der Waals surface area contributed by atoms with Crippen LogP contribution in [0.5, 0.6) is 5.75 Å². The molecule has 2 N–H and O–H groups in total. The Labute approximate surface area is 134 Å². The second-order valence-corrected chi connectivity index (χ2v) is 5.17. The Morgan fingerprint density at radius 1 is 1.00 bits per heavy atom. The van der Waals surface area contributed by atoms with Gasteiger partial charge in [-0.05, 0) is 29.1 Å². The molecule has 0 radical (unpaired) electrons. The van der Waals surface area contributed by atoms with Crippen LogP contribution in [0.2, 0.25) is 0 Å². The van der Waals surface area contributed by atoms with Gasteiger partial charge in [0.25, 0.3) is 5.91 Å². The number of benzene rings is 3. The third kappa shape index (κ3) is 3.67. The Balaban J connectivity index is 1.66. The SMILES string of the molecule is O=C(COc1cccc2ccccc12)Nc1cccc(CO)c1. The predicted octanol–water partition coefficient (Wildman–Crippen LogP) is 3.35. The van der Waals surface area contributed by atoms with Gasteiger partial charge >= 0.3 is 0 Å².